The monoisotopic (exact) mass is 614 g/mol. The molecule has 1 heterocycles. The van der Waals surface area contributed by atoms with Crippen molar-refractivity contribution in [3.63, 3.8) is 0 Å². The maximum atomic E-state index is 15.5. The summed E-state index contributed by atoms with van der Waals surface area (Å²) >= 11 is 0. The first-order valence-electron chi connectivity index (χ1n) is 12.5. The van der Waals surface area contributed by atoms with Gasteiger partial charge in [0.2, 0.25) is 0 Å². The van der Waals surface area contributed by atoms with E-state index in [2.05, 4.69) is 0 Å². The number of halogens is 5. The first-order chi connectivity index (χ1) is 19.2. The van der Waals surface area contributed by atoms with Gasteiger partial charge in [0.15, 0.2) is 31.2 Å². The lowest BCUT2D eigenvalue weighted by Crippen LogP contribution is -2.56. The summed E-state index contributed by atoms with van der Waals surface area (Å²) in [6, 6.07) is 11.5. The lowest BCUT2D eigenvalue weighted by molar-refractivity contribution is -0.137. The predicted octanol–water partition coefficient (Wildman–Crippen LogP) is 5.50. The number of sulfone groups is 2. The Morgan fingerprint density at radius 2 is 1.49 bits per heavy atom. The van der Waals surface area contributed by atoms with Crippen molar-refractivity contribution in [3.05, 3.63) is 89.5 Å². The van der Waals surface area contributed by atoms with Crippen molar-refractivity contribution < 1.29 is 48.3 Å². The molecule has 2 aliphatic rings. The molecule has 0 saturated heterocycles. The molecule has 0 spiro atoms. The lowest BCUT2D eigenvalue weighted by Gasteiger charge is -2.49. The largest absolute Gasteiger partial charge is 0.490 e. The minimum absolute atomic E-state index is 0.00903. The minimum atomic E-state index is -4.82. The predicted molar refractivity (Wildman–Crippen MR) is 136 cm³/mol. The topological polar surface area (TPSA) is 94.6 Å². The van der Waals surface area contributed by atoms with Crippen LogP contribution in [0.3, 0.4) is 0 Å². The van der Waals surface area contributed by atoms with Crippen molar-refractivity contribution in [1.29, 1.82) is 0 Å². The summed E-state index contributed by atoms with van der Waals surface area (Å²) in [5.41, 5.74) is -1.77. The quantitative estimate of drug-likeness (QED) is 0.340. The maximum Gasteiger partial charge on any atom is 0.416 e. The number of rotatable bonds is 6. The fourth-order valence-corrected chi connectivity index (χ4v) is 9.67. The van der Waals surface area contributed by atoms with Crippen LogP contribution in [0.2, 0.25) is 0 Å². The highest BCUT2D eigenvalue weighted by Gasteiger charge is 2.62. The first kappa shape index (κ1) is 29.2. The number of benzene rings is 3. The molecule has 0 amide bonds. The van der Waals surface area contributed by atoms with E-state index in [1.54, 1.807) is 6.07 Å². The molecule has 0 N–H and O–H groups in total. The molecule has 0 bridgehead atoms. The molecule has 0 aromatic heterocycles. The molecule has 1 aliphatic carbocycles. The summed E-state index contributed by atoms with van der Waals surface area (Å²) in [7, 11) is -8.72. The van der Waals surface area contributed by atoms with Crippen LogP contribution >= 0.6 is 0 Å². The third kappa shape index (κ3) is 4.82. The van der Waals surface area contributed by atoms with Crippen molar-refractivity contribution in [2.45, 2.75) is 40.0 Å². The van der Waals surface area contributed by atoms with E-state index in [1.807, 2.05) is 0 Å². The number of ketones is 1. The molecule has 13 heteroatoms. The van der Waals surface area contributed by atoms with E-state index in [0.717, 1.165) is 24.3 Å². The zero-order chi connectivity index (χ0) is 29.8. The fraction of sp³-hybridized carbons (Fsp3) is 0.321. The number of fused-ring (bicyclic) bond motifs is 3. The van der Waals surface area contributed by atoms with Crippen LogP contribution in [0.4, 0.5) is 22.0 Å². The third-order valence-corrected chi connectivity index (χ3v) is 12.2. The molecular formula is C28H23F5O6S2. The van der Waals surface area contributed by atoms with Gasteiger partial charge in [0.05, 0.1) is 33.3 Å². The normalized spacial score (nSPS) is 22.9. The van der Waals surface area contributed by atoms with E-state index >= 15 is 4.39 Å². The van der Waals surface area contributed by atoms with Crippen LogP contribution in [0.5, 0.6) is 5.75 Å². The zero-order valence-corrected chi connectivity index (χ0v) is 22.8. The highest BCUT2D eigenvalue weighted by molar-refractivity contribution is 7.92. The molecule has 0 radical (unpaired) electrons. The van der Waals surface area contributed by atoms with E-state index in [9.17, 15) is 39.2 Å². The number of Topliss-reactive ketones (excluding diaryl/α,β-unsaturated/α-hetero) is 1. The molecular weight excluding hydrogens is 591 g/mol. The fourth-order valence-electron chi connectivity index (χ4n) is 5.92. The first-order valence-corrected chi connectivity index (χ1v) is 15.7. The molecule has 218 valence electrons. The summed E-state index contributed by atoms with van der Waals surface area (Å²) in [6.45, 7) is -0.560. The zero-order valence-electron chi connectivity index (χ0n) is 21.2. The summed E-state index contributed by atoms with van der Waals surface area (Å²) < 4.78 is 128. The molecule has 6 nitrogen and oxygen atoms in total. The number of ether oxygens (including phenoxy) is 1. The second-order valence-corrected chi connectivity index (χ2v) is 14.4. The van der Waals surface area contributed by atoms with Gasteiger partial charge >= 0.3 is 6.18 Å². The molecule has 5 rings (SSSR count). The van der Waals surface area contributed by atoms with Crippen LogP contribution in [-0.2, 0) is 35.4 Å². The van der Waals surface area contributed by atoms with Crippen molar-refractivity contribution >= 4 is 25.5 Å². The van der Waals surface area contributed by atoms with Gasteiger partial charge in [-0.05, 0) is 61.4 Å². The Balaban J connectivity index is 1.65. The van der Waals surface area contributed by atoms with E-state index < -0.39 is 107 Å². The molecule has 3 aromatic carbocycles. The van der Waals surface area contributed by atoms with Gasteiger partial charge in [0.1, 0.15) is 16.3 Å². The summed E-state index contributed by atoms with van der Waals surface area (Å²) in [5.74, 6) is -6.47. The van der Waals surface area contributed by atoms with Crippen LogP contribution < -0.4 is 4.74 Å². The summed E-state index contributed by atoms with van der Waals surface area (Å²) in [5, 5.41) is 0. The van der Waals surface area contributed by atoms with E-state index in [1.165, 1.54) is 24.3 Å². The summed E-state index contributed by atoms with van der Waals surface area (Å²) in [6.07, 6.45) is -6.00. The van der Waals surface area contributed by atoms with E-state index in [0.29, 0.717) is 12.1 Å². The molecule has 3 atom stereocenters. The minimum Gasteiger partial charge on any atom is -0.490 e. The second-order valence-electron chi connectivity index (χ2n) is 10.1. The highest BCUT2D eigenvalue weighted by atomic mass is 32.2. The van der Waals surface area contributed by atoms with Gasteiger partial charge in [-0.2, -0.15) is 13.2 Å². The van der Waals surface area contributed by atoms with E-state index in [-0.39, 0.29) is 11.3 Å². The van der Waals surface area contributed by atoms with Gasteiger partial charge in [-0.15, -0.1) is 0 Å². The number of hydrogen-bond acceptors (Lipinski definition) is 6. The van der Waals surface area contributed by atoms with Crippen LogP contribution in [0.1, 0.15) is 30.4 Å². The van der Waals surface area contributed by atoms with Crippen LogP contribution in [0, 0.1) is 23.5 Å². The van der Waals surface area contributed by atoms with Gasteiger partial charge in [0, 0.05) is 18.3 Å². The average Bonchev–Trinajstić information content (AvgIpc) is 2.94. The highest BCUT2D eigenvalue weighted by Crippen LogP contribution is 2.58. The molecule has 1 aliphatic heterocycles. The number of carbonyl (C=O) groups excluding carboxylic acids is 1. The standard InChI is InChI=1S/C28H23F5O6S2/c29-22-10-11-23(30)26-25(22)27(41(37,38)19-8-6-17(7-9-19)28(31,32)33)14-12-24(34)20(21(27)16-39-26)13-15-40(35,36)18-4-2-1-3-5-18/h1-11,20-21H,12-16H2/t20-,21-,27?/m0/s1. The number of carbonyl (C=O) groups is 1. The summed E-state index contributed by atoms with van der Waals surface area (Å²) in [4.78, 5) is 12.6. The number of alkyl halides is 3. The van der Waals surface area contributed by atoms with Crippen molar-refractivity contribution in [2.75, 3.05) is 12.4 Å². The Bertz CT molecular complexity index is 1710. The van der Waals surface area contributed by atoms with Crippen LogP contribution in [0.25, 0.3) is 0 Å². The Kier molecular flexibility index (Phi) is 7.26. The second kappa shape index (κ2) is 10.2. The lowest BCUT2D eigenvalue weighted by atomic mass is 9.66. The molecule has 1 saturated carbocycles. The molecule has 1 fully saturated rings. The van der Waals surface area contributed by atoms with Crippen LogP contribution in [0.15, 0.2) is 76.5 Å². The number of hydrogen-bond donors (Lipinski definition) is 0. The van der Waals surface area contributed by atoms with Crippen LogP contribution in [-0.4, -0.2) is 35.0 Å². The van der Waals surface area contributed by atoms with Gasteiger partial charge in [-0.25, -0.2) is 25.6 Å². The van der Waals surface area contributed by atoms with Crippen molar-refractivity contribution in [3.8, 4) is 5.75 Å². The van der Waals surface area contributed by atoms with Gasteiger partial charge in [-0.3, -0.25) is 4.79 Å². The smallest absolute Gasteiger partial charge is 0.416 e. The Morgan fingerprint density at radius 3 is 2.12 bits per heavy atom. The van der Waals surface area contributed by atoms with Crippen molar-refractivity contribution in [1.82, 2.24) is 0 Å². The Labute approximate surface area is 233 Å². The maximum absolute atomic E-state index is 15.5. The molecule has 1 unspecified atom stereocenters. The average molecular weight is 615 g/mol. The Morgan fingerprint density at radius 1 is 0.854 bits per heavy atom. The molecule has 3 aromatic rings. The van der Waals surface area contributed by atoms with Crippen molar-refractivity contribution in [2.24, 2.45) is 11.8 Å². The van der Waals surface area contributed by atoms with Gasteiger partial charge in [-0.1, -0.05) is 18.2 Å². The Hall–Kier alpha value is -3.32. The van der Waals surface area contributed by atoms with E-state index in [4.69, 9.17) is 4.74 Å². The van der Waals surface area contributed by atoms with Gasteiger partial charge < -0.3 is 4.74 Å². The molecule has 41 heavy (non-hydrogen) atoms. The third-order valence-electron chi connectivity index (χ3n) is 7.90. The SMILES string of the molecule is O=C1CCC2(S(=O)(=O)c3ccc(C(F)(F)F)cc3)c3c(F)ccc(F)c3OC[C@H]2[C@@H]1CCS(=O)(=O)c1ccccc1. The van der Waals surface area contributed by atoms with Gasteiger partial charge in [0.25, 0.3) is 0 Å².